The zero-order valence-corrected chi connectivity index (χ0v) is 10.8. The van der Waals surface area contributed by atoms with Crippen molar-refractivity contribution in [2.24, 2.45) is 0 Å². The van der Waals surface area contributed by atoms with E-state index in [2.05, 4.69) is 26.7 Å². The molecular formula is C13H11N3O2S. The van der Waals surface area contributed by atoms with Crippen LogP contribution in [0.25, 0.3) is 0 Å². The van der Waals surface area contributed by atoms with E-state index in [1.165, 1.54) is 6.20 Å². The molecule has 0 unspecified atom stereocenters. The van der Waals surface area contributed by atoms with Gasteiger partial charge in [0.05, 0.1) is 12.8 Å². The number of benzene rings is 1. The zero-order chi connectivity index (χ0) is 13.5. The first-order chi connectivity index (χ1) is 9.29. The number of hydrogen-bond acceptors (Lipinski definition) is 5. The maximum Gasteiger partial charge on any atom is 0.269 e. The average Bonchev–Trinajstić information content (AvgIpc) is 2.93. The Labute approximate surface area is 114 Å². The van der Waals surface area contributed by atoms with E-state index >= 15 is 0 Å². The molecule has 5 nitrogen and oxygen atoms in total. The second kappa shape index (κ2) is 6.64. The minimum atomic E-state index is -0.240. The molecule has 0 bridgehead atoms. The second-order valence-electron chi connectivity index (χ2n) is 3.59. The van der Waals surface area contributed by atoms with Crippen LogP contribution in [0.4, 0.5) is 5.69 Å². The van der Waals surface area contributed by atoms with Crippen LogP contribution in [-0.2, 0) is 0 Å². The summed E-state index contributed by atoms with van der Waals surface area (Å²) in [4.78, 5) is 12.3. The van der Waals surface area contributed by atoms with Gasteiger partial charge < -0.3 is 10.4 Å². The molecule has 1 aromatic carbocycles. The predicted octanol–water partition coefficient (Wildman–Crippen LogP) is 1.52. The number of carbonyl (C=O) groups is 1. The molecule has 0 aliphatic heterocycles. The molecule has 0 radical (unpaired) electrons. The summed E-state index contributed by atoms with van der Waals surface area (Å²) in [6.45, 7) is 0.0435. The van der Waals surface area contributed by atoms with Gasteiger partial charge in [-0.2, -0.15) is 0 Å². The van der Waals surface area contributed by atoms with E-state index in [0.717, 1.165) is 17.1 Å². The molecule has 6 heteroatoms. The fourth-order valence-corrected chi connectivity index (χ4v) is 1.77. The first-order valence-electron chi connectivity index (χ1n) is 5.58. The highest BCUT2D eigenvalue weighted by atomic mass is 32.1. The van der Waals surface area contributed by atoms with Crippen LogP contribution in [-0.4, -0.2) is 27.2 Å². The molecule has 0 atom stereocenters. The SMILES string of the molecule is O=C(Nc1cccc(C#CCCO)c1)c1cnns1. The lowest BCUT2D eigenvalue weighted by Gasteiger charge is -2.03. The van der Waals surface area contributed by atoms with Crippen molar-refractivity contribution < 1.29 is 9.90 Å². The summed E-state index contributed by atoms with van der Waals surface area (Å²) < 4.78 is 3.64. The summed E-state index contributed by atoms with van der Waals surface area (Å²) in [6, 6.07) is 7.21. The van der Waals surface area contributed by atoms with Crippen LogP contribution in [0.15, 0.2) is 30.5 Å². The lowest BCUT2D eigenvalue weighted by Crippen LogP contribution is -2.10. The van der Waals surface area contributed by atoms with Crippen molar-refractivity contribution in [1.29, 1.82) is 0 Å². The first kappa shape index (κ1) is 13.2. The highest BCUT2D eigenvalue weighted by Crippen LogP contribution is 2.12. The number of amides is 1. The Kier molecular flexibility index (Phi) is 4.61. The predicted molar refractivity (Wildman–Crippen MR) is 72.9 cm³/mol. The monoisotopic (exact) mass is 273 g/mol. The molecule has 1 amide bonds. The van der Waals surface area contributed by atoms with Gasteiger partial charge in [0.25, 0.3) is 5.91 Å². The molecule has 0 aliphatic carbocycles. The third-order valence-corrected chi connectivity index (χ3v) is 2.84. The number of carbonyl (C=O) groups excluding carboxylic acids is 1. The Morgan fingerprint density at radius 3 is 3.11 bits per heavy atom. The molecule has 0 aliphatic rings. The number of aliphatic hydroxyl groups excluding tert-OH is 1. The van der Waals surface area contributed by atoms with Gasteiger partial charge in [-0.3, -0.25) is 4.79 Å². The molecule has 1 aromatic heterocycles. The minimum absolute atomic E-state index is 0.0435. The van der Waals surface area contributed by atoms with Gasteiger partial charge in [0, 0.05) is 17.7 Å². The van der Waals surface area contributed by atoms with Gasteiger partial charge in [-0.15, -0.1) is 5.10 Å². The van der Waals surface area contributed by atoms with Gasteiger partial charge in [0.1, 0.15) is 4.88 Å². The van der Waals surface area contributed by atoms with E-state index in [-0.39, 0.29) is 12.5 Å². The summed E-state index contributed by atoms with van der Waals surface area (Å²) in [5.74, 6) is 5.50. The van der Waals surface area contributed by atoms with Gasteiger partial charge in [-0.05, 0) is 29.7 Å². The van der Waals surface area contributed by atoms with Gasteiger partial charge >= 0.3 is 0 Å². The summed E-state index contributed by atoms with van der Waals surface area (Å²) in [5.41, 5.74) is 1.45. The van der Waals surface area contributed by atoms with Crippen LogP contribution in [0.5, 0.6) is 0 Å². The molecule has 0 fully saturated rings. The van der Waals surface area contributed by atoms with Crippen LogP contribution in [0.1, 0.15) is 21.7 Å². The lowest BCUT2D eigenvalue weighted by molar-refractivity contribution is 0.103. The van der Waals surface area contributed by atoms with Gasteiger partial charge in [-0.25, -0.2) is 0 Å². The van der Waals surface area contributed by atoms with Gasteiger partial charge in [0.2, 0.25) is 0 Å². The van der Waals surface area contributed by atoms with Crippen molar-refractivity contribution in [3.8, 4) is 11.8 Å². The summed E-state index contributed by atoms with van der Waals surface area (Å²) in [6.07, 6.45) is 1.86. The second-order valence-corrected chi connectivity index (χ2v) is 4.38. The molecule has 1 heterocycles. The summed E-state index contributed by atoms with van der Waals surface area (Å²) in [7, 11) is 0. The molecular weight excluding hydrogens is 262 g/mol. The average molecular weight is 273 g/mol. The first-order valence-corrected chi connectivity index (χ1v) is 6.35. The third-order valence-electron chi connectivity index (χ3n) is 2.18. The van der Waals surface area contributed by atoms with Crippen molar-refractivity contribution in [3.63, 3.8) is 0 Å². The topological polar surface area (TPSA) is 75.1 Å². The van der Waals surface area contributed by atoms with Crippen molar-refractivity contribution in [3.05, 3.63) is 40.9 Å². The standard InChI is InChI=1S/C13H11N3O2S/c17-7-2-1-4-10-5-3-6-11(8-10)15-13(18)12-9-14-16-19-12/h3,5-6,8-9,17H,2,7H2,(H,15,18). The number of rotatable bonds is 3. The third kappa shape index (κ3) is 3.88. The number of hydrogen-bond donors (Lipinski definition) is 2. The Bertz CT molecular complexity index is 614. The fourth-order valence-electron chi connectivity index (χ4n) is 1.36. The Morgan fingerprint density at radius 2 is 2.37 bits per heavy atom. The highest BCUT2D eigenvalue weighted by Gasteiger charge is 2.08. The Morgan fingerprint density at radius 1 is 1.47 bits per heavy atom. The molecule has 19 heavy (non-hydrogen) atoms. The molecule has 0 spiro atoms. The van der Waals surface area contributed by atoms with E-state index in [0.29, 0.717) is 17.0 Å². The molecule has 2 rings (SSSR count). The largest absolute Gasteiger partial charge is 0.395 e. The van der Waals surface area contributed by atoms with Crippen molar-refractivity contribution in [1.82, 2.24) is 9.59 Å². The molecule has 0 saturated carbocycles. The molecule has 2 aromatic rings. The van der Waals surface area contributed by atoms with E-state index in [1.807, 2.05) is 12.1 Å². The van der Waals surface area contributed by atoms with Crippen molar-refractivity contribution in [2.45, 2.75) is 6.42 Å². The number of aliphatic hydroxyl groups is 1. The quantitative estimate of drug-likeness (QED) is 0.831. The lowest BCUT2D eigenvalue weighted by atomic mass is 10.2. The number of nitrogens with one attached hydrogen (secondary N) is 1. The molecule has 96 valence electrons. The Balaban J connectivity index is 2.07. The molecule has 2 N–H and O–H groups in total. The van der Waals surface area contributed by atoms with Gasteiger partial charge in [0.15, 0.2) is 0 Å². The van der Waals surface area contributed by atoms with Crippen LogP contribution >= 0.6 is 11.5 Å². The van der Waals surface area contributed by atoms with Crippen LogP contribution in [0, 0.1) is 11.8 Å². The fraction of sp³-hybridized carbons (Fsp3) is 0.154. The van der Waals surface area contributed by atoms with E-state index in [9.17, 15) is 4.79 Å². The highest BCUT2D eigenvalue weighted by molar-refractivity contribution is 7.07. The minimum Gasteiger partial charge on any atom is -0.395 e. The summed E-state index contributed by atoms with van der Waals surface area (Å²) >= 11 is 1.04. The van der Waals surface area contributed by atoms with Crippen LogP contribution in [0.2, 0.25) is 0 Å². The smallest absolute Gasteiger partial charge is 0.269 e. The maximum atomic E-state index is 11.8. The van der Waals surface area contributed by atoms with Gasteiger partial charge in [-0.1, -0.05) is 22.4 Å². The Hall–Kier alpha value is -2.23. The number of aromatic nitrogens is 2. The van der Waals surface area contributed by atoms with Crippen LogP contribution < -0.4 is 5.32 Å². The normalized spacial score (nSPS) is 9.53. The summed E-state index contributed by atoms with van der Waals surface area (Å²) in [5, 5.41) is 15.0. The molecule has 0 saturated heterocycles. The maximum absolute atomic E-state index is 11.8. The zero-order valence-electron chi connectivity index (χ0n) is 9.96. The van der Waals surface area contributed by atoms with E-state index in [1.54, 1.807) is 12.1 Å². The number of anilines is 1. The van der Waals surface area contributed by atoms with Crippen molar-refractivity contribution >= 4 is 23.1 Å². The van der Waals surface area contributed by atoms with Crippen molar-refractivity contribution in [2.75, 3.05) is 11.9 Å². The van der Waals surface area contributed by atoms with E-state index in [4.69, 9.17) is 5.11 Å². The van der Waals surface area contributed by atoms with E-state index < -0.39 is 0 Å². The van der Waals surface area contributed by atoms with Crippen LogP contribution in [0.3, 0.4) is 0 Å². The number of nitrogens with zero attached hydrogens (tertiary/aromatic N) is 2.